The lowest BCUT2D eigenvalue weighted by Crippen LogP contribution is -2.44. The average molecular weight is 350 g/mol. The predicted octanol–water partition coefficient (Wildman–Crippen LogP) is -0.115. The second-order valence-corrected chi connectivity index (χ2v) is 7.66. The summed E-state index contributed by atoms with van der Waals surface area (Å²) >= 11 is 0. The molecule has 0 radical (unpaired) electrons. The predicted molar refractivity (Wildman–Crippen MR) is 84.2 cm³/mol. The first-order chi connectivity index (χ1) is 10.8. The molecule has 1 rings (SSSR count). The largest absolute Gasteiger partial charge is 0.454 e. The Morgan fingerprint density at radius 2 is 2.09 bits per heavy atom. The van der Waals surface area contributed by atoms with E-state index in [1.54, 1.807) is 13.8 Å². The van der Waals surface area contributed by atoms with Gasteiger partial charge in [-0.3, -0.25) is 9.59 Å². The number of sulfonamides is 1. The lowest BCUT2D eigenvalue weighted by atomic mass is 10.2. The van der Waals surface area contributed by atoms with Crippen LogP contribution in [-0.2, 0) is 29.1 Å². The number of carbonyl (C=O) groups is 2. The Hall–Kier alpha value is -1.19. The topological polar surface area (TPSA) is 102 Å². The summed E-state index contributed by atoms with van der Waals surface area (Å²) in [5, 5.41) is 2.62. The van der Waals surface area contributed by atoms with Crippen molar-refractivity contribution in [2.45, 2.75) is 45.2 Å². The summed E-state index contributed by atoms with van der Waals surface area (Å²) in [6, 6.07) is -1.02. The maximum Gasteiger partial charge on any atom is 0.324 e. The van der Waals surface area contributed by atoms with E-state index in [1.807, 2.05) is 0 Å². The van der Waals surface area contributed by atoms with Crippen LogP contribution in [0.3, 0.4) is 0 Å². The second-order valence-electron chi connectivity index (χ2n) is 5.62. The zero-order valence-corrected chi connectivity index (χ0v) is 14.7. The van der Waals surface area contributed by atoms with Crippen molar-refractivity contribution >= 4 is 21.9 Å². The molecule has 9 heteroatoms. The molecular formula is C14H26N2O6S. The summed E-state index contributed by atoms with van der Waals surface area (Å²) in [5.74, 6) is -1.10. The summed E-state index contributed by atoms with van der Waals surface area (Å²) < 4.78 is 35.3. The summed E-state index contributed by atoms with van der Waals surface area (Å²) in [6.45, 7) is 3.78. The number of hydrogen-bond donors (Lipinski definition) is 1. The van der Waals surface area contributed by atoms with Crippen LogP contribution in [0.15, 0.2) is 0 Å². The van der Waals surface area contributed by atoms with Gasteiger partial charge in [0.25, 0.3) is 5.91 Å². The van der Waals surface area contributed by atoms with Gasteiger partial charge in [-0.05, 0) is 26.2 Å². The number of ether oxygens (including phenoxy) is 2. The normalized spacial score (nSPS) is 20.2. The molecule has 1 aliphatic rings. The summed E-state index contributed by atoms with van der Waals surface area (Å²) in [7, 11) is -1.93. The molecule has 1 aliphatic heterocycles. The van der Waals surface area contributed by atoms with Crippen LogP contribution < -0.4 is 5.32 Å². The first-order valence-electron chi connectivity index (χ1n) is 7.76. The van der Waals surface area contributed by atoms with Crippen LogP contribution in [0.25, 0.3) is 0 Å². The van der Waals surface area contributed by atoms with Crippen LogP contribution in [-0.4, -0.2) is 69.3 Å². The molecule has 0 aliphatic carbocycles. The van der Waals surface area contributed by atoms with Gasteiger partial charge in [-0.25, -0.2) is 8.42 Å². The fourth-order valence-electron chi connectivity index (χ4n) is 2.52. The number of rotatable bonds is 9. The zero-order chi connectivity index (χ0) is 17.5. The molecular weight excluding hydrogens is 324 g/mol. The number of nitrogens with one attached hydrogen (secondary N) is 1. The van der Waals surface area contributed by atoms with Gasteiger partial charge in [0.1, 0.15) is 6.04 Å². The molecule has 0 aromatic heterocycles. The minimum absolute atomic E-state index is 0.00575. The van der Waals surface area contributed by atoms with E-state index in [0.717, 1.165) is 0 Å². The van der Waals surface area contributed by atoms with Crippen molar-refractivity contribution in [2.75, 3.05) is 32.6 Å². The number of amides is 1. The summed E-state index contributed by atoms with van der Waals surface area (Å²) in [6.07, 6.45) is 1.52. The smallest absolute Gasteiger partial charge is 0.324 e. The number of hydrogen-bond acceptors (Lipinski definition) is 6. The van der Waals surface area contributed by atoms with E-state index >= 15 is 0 Å². The monoisotopic (exact) mass is 350 g/mol. The van der Waals surface area contributed by atoms with Gasteiger partial charge in [0.2, 0.25) is 10.0 Å². The average Bonchev–Trinajstić information content (AvgIpc) is 2.95. The van der Waals surface area contributed by atoms with Crippen LogP contribution in [0.2, 0.25) is 0 Å². The molecule has 2 unspecified atom stereocenters. The van der Waals surface area contributed by atoms with Crippen LogP contribution >= 0.6 is 0 Å². The Morgan fingerprint density at radius 1 is 1.39 bits per heavy atom. The van der Waals surface area contributed by atoms with Gasteiger partial charge < -0.3 is 14.8 Å². The molecule has 1 N–H and O–H groups in total. The first kappa shape index (κ1) is 19.9. The van der Waals surface area contributed by atoms with E-state index in [-0.39, 0.29) is 11.8 Å². The quantitative estimate of drug-likeness (QED) is 0.582. The third kappa shape index (κ3) is 6.08. The Morgan fingerprint density at radius 3 is 2.70 bits per heavy atom. The minimum Gasteiger partial charge on any atom is -0.454 e. The number of carbonyl (C=O) groups excluding carboxylic acids is 2. The van der Waals surface area contributed by atoms with Gasteiger partial charge in [-0.1, -0.05) is 6.92 Å². The molecule has 134 valence electrons. The highest BCUT2D eigenvalue weighted by Gasteiger charge is 2.39. The standard InChI is InChI=1S/C14H26N2O6S/c1-4-8-23(19,20)16-7-5-6-12(16)14(18)22-10-13(17)15-11(2)9-21-3/h11-12H,4-10H2,1-3H3,(H,15,17). The van der Waals surface area contributed by atoms with Crippen molar-refractivity contribution in [3.8, 4) is 0 Å². The second kappa shape index (κ2) is 9.19. The zero-order valence-electron chi connectivity index (χ0n) is 13.9. The van der Waals surface area contributed by atoms with E-state index < -0.39 is 34.5 Å². The molecule has 1 amide bonds. The van der Waals surface area contributed by atoms with E-state index in [2.05, 4.69) is 5.32 Å². The lowest BCUT2D eigenvalue weighted by Gasteiger charge is -2.22. The van der Waals surface area contributed by atoms with Crippen molar-refractivity contribution in [1.29, 1.82) is 0 Å². The van der Waals surface area contributed by atoms with Gasteiger partial charge in [-0.2, -0.15) is 4.31 Å². The Labute approximate surface area is 137 Å². The van der Waals surface area contributed by atoms with Gasteiger partial charge in [0.15, 0.2) is 6.61 Å². The maximum absolute atomic E-state index is 12.1. The third-order valence-electron chi connectivity index (χ3n) is 3.46. The van der Waals surface area contributed by atoms with Crippen molar-refractivity contribution in [2.24, 2.45) is 0 Å². The fraction of sp³-hybridized carbons (Fsp3) is 0.857. The third-order valence-corrected chi connectivity index (χ3v) is 5.54. The van der Waals surface area contributed by atoms with Gasteiger partial charge >= 0.3 is 5.97 Å². The van der Waals surface area contributed by atoms with Crippen LogP contribution in [0.4, 0.5) is 0 Å². The summed E-state index contributed by atoms with van der Waals surface area (Å²) in [4.78, 5) is 23.7. The van der Waals surface area contributed by atoms with Crippen LogP contribution in [0.1, 0.15) is 33.1 Å². The molecule has 0 aromatic carbocycles. The van der Waals surface area contributed by atoms with Crippen molar-refractivity contribution < 1.29 is 27.5 Å². The van der Waals surface area contributed by atoms with Crippen molar-refractivity contribution in [3.05, 3.63) is 0 Å². The van der Waals surface area contributed by atoms with E-state index in [1.165, 1.54) is 11.4 Å². The molecule has 1 heterocycles. The Kier molecular flexibility index (Phi) is 7.93. The van der Waals surface area contributed by atoms with E-state index in [0.29, 0.717) is 32.4 Å². The minimum atomic E-state index is -3.45. The van der Waals surface area contributed by atoms with Gasteiger partial charge in [0, 0.05) is 19.7 Å². The van der Waals surface area contributed by atoms with Crippen molar-refractivity contribution in [3.63, 3.8) is 0 Å². The number of nitrogens with zero attached hydrogens (tertiary/aromatic N) is 1. The van der Waals surface area contributed by atoms with Crippen molar-refractivity contribution in [1.82, 2.24) is 9.62 Å². The lowest BCUT2D eigenvalue weighted by molar-refractivity contribution is -0.151. The highest BCUT2D eigenvalue weighted by atomic mass is 32.2. The molecule has 0 spiro atoms. The molecule has 8 nitrogen and oxygen atoms in total. The van der Waals surface area contributed by atoms with Crippen LogP contribution in [0, 0.1) is 0 Å². The molecule has 0 saturated carbocycles. The van der Waals surface area contributed by atoms with Crippen LogP contribution in [0.5, 0.6) is 0 Å². The summed E-state index contributed by atoms with van der Waals surface area (Å²) in [5.41, 5.74) is 0. The molecule has 23 heavy (non-hydrogen) atoms. The highest BCUT2D eigenvalue weighted by molar-refractivity contribution is 7.89. The number of methoxy groups -OCH3 is 1. The first-order valence-corrected chi connectivity index (χ1v) is 9.37. The highest BCUT2D eigenvalue weighted by Crippen LogP contribution is 2.22. The molecule has 1 saturated heterocycles. The Bertz CT molecular complexity index is 507. The number of esters is 1. The maximum atomic E-state index is 12.1. The SMILES string of the molecule is CCCS(=O)(=O)N1CCCC1C(=O)OCC(=O)NC(C)COC. The fourth-order valence-corrected chi connectivity index (χ4v) is 4.26. The molecule has 1 fully saturated rings. The van der Waals surface area contributed by atoms with Gasteiger partial charge in [-0.15, -0.1) is 0 Å². The molecule has 0 aromatic rings. The van der Waals surface area contributed by atoms with E-state index in [4.69, 9.17) is 9.47 Å². The van der Waals surface area contributed by atoms with Gasteiger partial charge in [0.05, 0.1) is 12.4 Å². The molecule has 0 bridgehead atoms. The Balaban J connectivity index is 2.52. The molecule has 2 atom stereocenters. The van der Waals surface area contributed by atoms with E-state index in [9.17, 15) is 18.0 Å².